The zero-order valence-electron chi connectivity index (χ0n) is 30.5. The molecule has 0 saturated carbocycles. The number of fused-ring (bicyclic) bond motifs is 6. The van der Waals surface area contributed by atoms with Crippen LogP contribution in [0.1, 0.15) is 78.7 Å². The van der Waals surface area contributed by atoms with Gasteiger partial charge >= 0.3 is 0 Å². The number of pyridine rings is 2. The van der Waals surface area contributed by atoms with Crippen molar-refractivity contribution >= 4 is 27.5 Å². The van der Waals surface area contributed by atoms with Gasteiger partial charge in [-0.15, -0.1) is 23.6 Å². The molecule has 0 fully saturated rings. The molecule has 1 aliphatic carbocycles. The molecule has 0 spiro atoms. The van der Waals surface area contributed by atoms with Gasteiger partial charge in [-0.3, -0.25) is 14.8 Å². The number of nitrogens with zero attached hydrogens (tertiary/aromatic N) is 2. The Bertz CT molecular complexity index is 2180. The van der Waals surface area contributed by atoms with E-state index in [0.717, 1.165) is 83.2 Å². The predicted octanol–water partition coefficient (Wildman–Crippen LogP) is 11.9. The van der Waals surface area contributed by atoms with Gasteiger partial charge in [0.25, 0.3) is 0 Å². The first-order valence-corrected chi connectivity index (χ1v) is 18.0. The van der Waals surface area contributed by atoms with Crippen molar-refractivity contribution in [2.45, 2.75) is 80.1 Å². The van der Waals surface area contributed by atoms with Gasteiger partial charge in [0.05, 0.1) is 0 Å². The molecular formula is C45H47IrN2O3-. The first-order chi connectivity index (χ1) is 24.2. The Morgan fingerprint density at radius 3 is 2.20 bits per heavy atom. The third kappa shape index (κ3) is 7.36. The Balaban J connectivity index is 0.000000242. The summed E-state index contributed by atoms with van der Waals surface area (Å²) in [5, 5.41) is 13.5. The van der Waals surface area contributed by atoms with E-state index in [4.69, 9.17) is 9.40 Å². The molecule has 0 bridgehead atoms. The van der Waals surface area contributed by atoms with Crippen LogP contribution in [0.4, 0.5) is 0 Å². The van der Waals surface area contributed by atoms with Gasteiger partial charge in [0.15, 0.2) is 5.78 Å². The van der Waals surface area contributed by atoms with E-state index in [2.05, 4.69) is 77.8 Å². The Kier molecular flexibility index (Phi) is 11.8. The van der Waals surface area contributed by atoms with Crippen molar-refractivity contribution in [2.75, 3.05) is 0 Å². The number of aryl methyl sites for hydroxylation is 2. The fourth-order valence-electron chi connectivity index (χ4n) is 6.73. The molecule has 0 amide bonds. The van der Waals surface area contributed by atoms with Crippen LogP contribution in [0.5, 0.6) is 0 Å². The van der Waals surface area contributed by atoms with E-state index in [-0.39, 0.29) is 42.5 Å². The number of benzene rings is 3. The van der Waals surface area contributed by atoms with Crippen molar-refractivity contribution in [3.8, 4) is 33.5 Å². The fourth-order valence-corrected chi connectivity index (χ4v) is 6.73. The summed E-state index contributed by atoms with van der Waals surface area (Å²) < 4.78 is 6.48. The average molecular weight is 856 g/mol. The van der Waals surface area contributed by atoms with Gasteiger partial charge in [-0.05, 0) is 49.8 Å². The number of carbonyl (C=O) groups excluding carboxylic acids is 1. The Labute approximate surface area is 315 Å². The molecule has 5 nitrogen and oxygen atoms in total. The fraction of sp³-hybridized carbons (Fsp3) is 0.311. The maximum Gasteiger partial charge on any atom is 0.164 e. The van der Waals surface area contributed by atoms with Gasteiger partial charge in [0.2, 0.25) is 0 Å². The molecule has 0 saturated heterocycles. The van der Waals surface area contributed by atoms with Crippen molar-refractivity contribution in [1.29, 1.82) is 0 Å². The van der Waals surface area contributed by atoms with E-state index in [1.165, 1.54) is 28.2 Å². The molecule has 7 rings (SSSR count). The third-order valence-electron chi connectivity index (χ3n) is 11.1. The summed E-state index contributed by atoms with van der Waals surface area (Å²) in [6.07, 6.45) is 10.2. The van der Waals surface area contributed by atoms with E-state index in [1.54, 1.807) is 0 Å². The minimum atomic E-state index is -0.337. The standard InChI is InChI=1S/C30H19N2O.C15H28O2.Ir/c1-2-7-19(8-3-1)25-18-21(17-20-9-4-5-10-22(20)25)29-30-24(14-16-32-29)28-23-11-6-15-31-26(23)12-13-27(28)33-30;1-7-14(5,8-2)12(16)11-13(17)15(6,9-3)10-4;/h1-11,14-16,18H,12-13H2;11,16H,7-10H2,1-6H3;/q-1;;/b;12-11-;. The topological polar surface area (TPSA) is 76.2 Å². The van der Waals surface area contributed by atoms with Crippen molar-refractivity contribution in [3.05, 3.63) is 121 Å². The minimum absolute atomic E-state index is 0. The average Bonchev–Trinajstić information content (AvgIpc) is 3.57. The molecule has 6 heteroatoms. The number of aromatic nitrogens is 2. The van der Waals surface area contributed by atoms with Gasteiger partial charge in [-0.25, -0.2) is 0 Å². The molecule has 265 valence electrons. The summed E-state index contributed by atoms with van der Waals surface area (Å²) in [6.45, 7) is 12.1. The van der Waals surface area contributed by atoms with E-state index in [9.17, 15) is 9.90 Å². The SMILES string of the molecule is CCC(C)(CC)C(=O)/C=C(\O)C(C)(CC)CC.[Ir].[c-]1c(-c2nccc3c4c(oc23)CCc2ncccc2-4)cc(-c2ccccc2)c2ccccc12. The van der Waals surface area contributed by atoms with Crippen molar-refractivity contribution in [2.24, 2.45) is 10.8 Å². The number of ketones is 1. The molecule has 0 unspecified atom stereocenters. The van der Waals surface area contributed by atoms with Crippen molar-refractivity contribution in [1.82, 2.24) is 9.97 Å². The number of allylic oxidation sites excluding steroid dienone is 2. The van der Waals surface area contributed by atoms with E-state index < -0.39 is 0 Å². The Morgan fingerprint density at radius 2 is 1.49 bits per heavy atom. The quantitative estimate of drug-likeness (QED) is 0.0890. The molecule has 0 atom stereocenters. The molecule has 0 aliphatic heterocycles. The maximum absolute atomic E-state index is 12.2. The molecular weight excluding hydrogens is 809 g/mol. The summed E-state index contributed by atoms with van der Waals surface area (Å²) >= 11 is 0. The molecule has 1 aliphatic rings. The van der Waals surface area contributed by atoms with E-state index in [0.29, 0.717) is 0 Å². The zero-order chi connectivity index (χ0) is 35.5. The van der Waals surface area contributed by atoms with Crippen LogP contribution in [0.2, 0.25) is 0 Å². The third-order valence-corrected chi connectivity index (χ3v) is 11.1. The summed E-state index contributed by atoms with van der Waals surface area (Å²) in [4.78, 5) is 21.6. The van der Waals surface area contributed by atoms with Crippen LogP contribution in [0.25, 0.3) is 55.3 Å². The van der Waals surface area contributed by atoms with Crippen LogP contribution in [0.3, 0.4) is 0 Å². The smallest absolute Gasteiger partial charge is 0.164 e. The van der Waals surface area contributed by atoms with Crippen LogP contribution in [0.15, 0.2) is 108 Å². The van der Waals surface area contributed by atoms with Crippen LogP contribution in [-0.4, -0.2) is 20.9 Å². The van der Waals surface area contributed by atoms with Gasteiger partial charge in [-0.2, -0.15) is 0 Å². The summed E-state index contributed by atoms with van der Waals surface area (Å²) in [7, 11) is 0. The largest absolute Gasteiger partial charge is 0.512 e. The van der Waals surface area contributed by atoms with Crippen LogP contribution < -0.4 is 0 Å². The van der Waals surface area contributed by atoms with Gasteiger partial charge < -0.3 is 9.52 Å². The zero-order valence-corrected chi connectivity index (χ0v) is 32.9. The number of furan rings is 1. The maximum atomic E-state index is 12.2. The molecule has 6 aromatic rings. The second-order valence-corrected chi connectivity index (χ2v) is 13.9. The molecule has 3 heterocycles. The first kappa shape index (κ1) is 37.9. The molecule has 1 N–H and O–H groups in total. The first-order valence-electron chi connectivity index (χ1n) is 18.0. The van der Waals surface area contributed by atoms with Crippen LogP contribution in [0, 0.1) is 16.9 Å². The number of aliphatic hydroxyl groups is 1. The normalized spacial score (nSPS) is 12.8. The number of carbonyl (C=O) groups is 1. The molecule has 51 heavy (non-hydrogen) atoms. The van der Waals surface area contributed by atoms with E-state index >= 15 is 0 Å². The van der Waals surface area contributed by atoms with Gasteiger partial charge in [0.1, 0.15) is 17.1 Å². The van der Waals surface area contributed by atoms with Crippen molar-refractivity contribution < 1.29 is 34.4 Å². The van der Waals surface area contributed by atoms with Gasteiger partial charge in [-0.1, -0.05) is 113 Å². The Morgan fingerprint density at radius 1 is 0.804 bits per heavy atom. The van der Waals surface area contributed by atoms with Crippen LogP contribution in [-0.2, 0) is 37.7 Å². The molecule has 1 radical (unpaired) electrons. The summed E-state index contributed by atoms with van der Waals surface area (Å²) in [5.41, 5.74) is 7.80. The number of rotatable bonds is 9. The van der Waals surface area contributed by atoms with Crippen molar-refractivity contribution in [3.63, 3.8) is 0 Å². The number of hydrogen-bond acceptors (Lipinski definition) is 5. The van der Waals surface area contributed by atoms with E-state index in [1.807, 2.05) is 66.1 Å². The monoisotopic (exact) mass is 856 g/mol. The second-order valence-electron chi connectivity index (χ2n) is 13.9. The number of aliphatic hydroxyl groups excluding tert-OH is 1. The molecule has 3 aromatic carbocycles. The van der Waals surface area contributed by atoms with Crippen LogP contribution >= 0.6 is 0 Å². The predicted molar refractivity (Wildman–Crippen MR) is 205 cm³/mol. The summed E-state index contributed by atoms with van der Waals surface area (Å²) in [6, 6.07) is 30.9. The number of hydrogen-bond donors (Lipinski definition) is 1. The minimum Gasteiger partial charge on any atom is -0.512 e. The Hall–Kier alpha value is -4.38. The molecule has 3 aromatic heterocycles. The summed E-state index contributed by atoms with van der Waals surface area (Å²) in [5.74, 6) is 1.30. The second kappa shape index (κ2) is 15.9. The van der Waals surface area contributed by atoms with Gasteiger partial charge in [0, 0.05) is 83.7 Å².